The number of hydrogen-bond acceptors (Lipinski definition) is 7. The summed E-state index contributed by atoms with van der Waals surface area (Å²) in [5.74, 6) is -0.101. The second kappa shape index (κ2) is 13.4. The first kappa shape index (κ1) is 32.4. The van der Waals surface area contributed by atoms with Crippen LogP contribution in [0.1, 0.15) is 46.5 Å². The van der Waals surface area contributed by atoms with Crippen molar-refractivity contribution in [1.82, 2.24) is 24.0 Å². The van der Waals surface area contributed by atoms with E-state index in [1.54, 1.807) is 4.67 Å². The van der Waals surface area contributed by atoms with Gasteiger partial charge >= 0.3 is 0 Å². The molecule has 1 saturated carbocycles. The molecule has 3 aliphatic heterocycles. The van der Waals surface area contributed by atoms with Crippen molar-refractivity contribution in [2.45, 2.75) is 64.1 Å². The second-order valence-corrected chi connectivity index (χ2v) is 16.2. The van der Waals surface area contributed by atoms with Gasteiger partial charge in [0, 0.05) is 75.4 Å². The Balaban J connectivity index is 1.22. The lowest BCUT2D eigenvalue weighted by molar-refractivity contribution is -0.140. The predicted octanol–water partition coefficient (Wildman–Crippen LogP) is 1.05. The largest absolute Gasteiger partial charge is 0.379 e. The van der Waals surface area contributed by atoms with E-state index in [1.807, 2.05) is 23.7 Å². The van der Waals surface area contributed by atoms with Gasteiger partial charge in [-0.15, -0.1) is 0 Å². The fourth-order valence-corrected chi connectivity index (χ4v) is 8.43. The van der Waals surface area contributed by atoms with Crippen LogP contribution in [0.4, 0.5) is 0 Å². The normalized spacial score (nSPS) is 30.3. The van der Waals surface area contributed by atoms with Gasteiger partial charge in [-0.25, -0.2) is 9.34 Å². The van der Waals surface area contributed by atoms with Crippen molar-refractivity contribution in [3.05, 3.63) is 12.2 Å². The minimum Gasteiger partial charge on any atom is -0.379 e. The van der Waals surface area contributed by atoms with E-state index in [4.69, 9.17) is 9.47 Å². The van der Waals surface area contributed by atoms with Crippen LogP contribution in [0.15, 0.2) is 12.2 Å². The highest BCUT2D eigenvalue weighted by molar-refractivity contribution is 7.58. The standard InChI is InChI=1S/C28H49BN5O6P/c1-28(2,3)32-17-23(40-24(29)18-32)19-39-20-41(38,30(4)5)33-14-12-31(13-15-33)27(37)22-8-6-21(7-9-22)16-34-25(35)10-11-26(34)36/h10-11,21-24H,6-9,12-20,29H2,1-5H3. The number of imide groups is 1. The number of piperazine rings is 1. The van der Waals surface area contributed by atoms with Gasteiger partial charge in [0.15, 0.2) is 0 Å². The van der Waals surface area contributed by atoms with E-state index in [0.717, 1.165) is 38.8 Å². The number of carbonyl (C=O) groups is 3. The summed E-state index contributed by atoms with van der Waals surface area (Å²) in [7, 11) is 2.80. The van der Waals surface area contributed by atoms with E-state index in [2.05, 4.69) is 33.5 Å². The molecule has 3 unspecified atom stereocenters. The molecule has 11 nitrogen and oxygen atoms in total. The first-order chi connectivity index (χ1) is 19.3. The van der Waals surface area contributed by atoms with E-state index < -0.39 is 7.44 Å². The zero-order chi connectivity index (χ0) is 29.9. The first-order valence-corrected chi connectivity index (χ1v) is 16.9. The number of ether oxygens (including phenoxy) is 2. The van der Waals surface area contributed by atoms with Gasteiger partial charge in [-0.3, -0.25) is 28.7 Å². The Labute approximate surface area is 246 Å². The fourth-order valence-electron chi connectivity index (χ4n) is 6.39. The predicted molar refractivity (Wildman–Crippen MR) is 160 cm³/mol. The van der Waals surface area contributed by atoms with Gasteiger partial charge in [-0.2, -0.15) is 0 Å². The molecule has 3 fully saturated rings. The van der Waals surface area contributed by atoms with Crippen LogP contribution >= 0.6 is 7.44 Å². The van der Waals surface area contributed by atoms with Gasteiger partial charge in [-0.1, -0.05) is 0 Å². The van der Waals surface area contributed by atoms with Crippen LogP contribution in [0.3, 0.4) is 0 Å². The quantitative estimate of drug-likeness (QED) is 0.221. The average Bonchev–Trinajstić information content (AvgIpc) is 3.24. The number of carbonyl (C=O) groups excluding carboxylic acids is 3. The molecule has 0 aromatic rings. The third-order valence-electron chi connectivity index (χ3n) is 9.01. The van der Waals surface area contributed by atoms with Crippen LogP contribution in [0.2, 0.25) is 0 Å². The van der Waals surface area contributed by atoms with Gasteiger partial charge in [0.2, 0.25) is 13.4 Å². The van der Waals surface area contributed by atoms with Crippen molar-refractivity contribution in [2.24, 2.45) is 11.8 Å². The Morgan fingerprint density at radius 2 is 1.66 bits per heavy atom. The molecule has 0 bridgehead atoms. The Bertz CT molecular complexity index is 1020. The molecule has 3 amide bonds. The molecule has 0 radical (unpaired) electrons. The lowest BCUT2D eigenvalue weighted by Crippen LogP contribution is -2.56. The second-order valence-electron chi connectivity index (χ2n) is 13.3. The molecule has 3 atom stereocenters. The highest BCUT2D eigenvalue weighted by Crippen LogP contribution is 2.51. The molecule has 4 rings (SSSR count). The fraction of sp³-hybridized carbons (Fsp3) is 0.821. The number of rotatable bonds is 9. The van der Waals surface area contributed by atoms with Crippen molar-refractivity contribution in [3.8, 4) is 0 Å². The van der Waals surface area contributed by atoms with Gasteiger partial charge in [0.1, 0.15) is 14.2 Å². The Hall–Kier alpha value is -1.56. The first-order valence-electron chi connectivity index (χ1n) is 15.1. The van der Waals surface area contributed by atoms with E-state index in [1.165, 1.54) is 17.1 Å². The molecular weight excluding hydrogens is 544 g/mol. The van der Waals surface area contributed by atoms with Crippen LogP contribution < -0.4 is 0 Å². The molecule has 1 aliphatic carbocycles. The molecule has 230 valence electrons. The smallest absolute Gasteiger partial charge is 0.253 e. The molecule has 13 heteroatoms. The maximum Gasteiger partial charge on any atom is 0.253 e. The van der Waals surface area contributed by atoms with Crippen molar-refractivity contribution in [3.63, 3.8) is 0 Å². The third kappa shape index (κ3) is 7.89. The summed E-state index contributed by atoms with van der Waals surface area (Å²) < 4.78 is 30.1. The number of amides is 3. The molecule has 4 aliphatic rings. The molecule has 41 heavy (non-hydrogen) atoms. The third-order valence-corrected chi connectivity index (χ3v) is 12.1. The minimum absolute atomic E-state index is 0.0320. The van der Waals surface area contributed by atoms with E-state index in [-0.39, 0.29) is 53.6 Å². The summed E-state index contributed by atoms with van der Waals surface area (Å²) in [6.45, 7) is 11.3. The molecule has 0 aromatic heterocycles. The Kier molecular flexibility index (Phi) is 10.6. The van der Waals surface area contributed by atoms with Crippen LogP contribution in [-0.2, 0) is 28.4 Å². The van der Waals surface area contributed by atoms with Gasteiger partial charge in [0.25, 0.3) is 11.8 Å². The zero-order valence-corrected chi connectivity index (χ0v) is 26.7. The van der Waals surface area contributed by atoms with Crippen LogP contribution in [0.25, 0.3) is 0 Å². The highest BCUT2D eigenvalue weighted by atomic mass is 31.2. The van der Waals surface area contributed by atoms with Crippen molar-refractivity contribution in [2.75, 3.05) is 72.9 Å². The van der Waals surface area contributed by atoms with Crippen molar-refractivity contribution < 1.29 is 28.4 Å². The number of hydrogen-bond donors (Lipinski definition) is 0. The summed E-state index contributed by atoms with van der Waals surface area (Å²) in [4.78, 5) is 42.7. The van der Waals surface area contributed by atoms with Crippen LogP contribution in [-0.4, -0.2) is 140 Å². The maximum atomic E-state index is 14.1. The Morgan fingerprint density at radius 3 is 2.22 bits per heavy atom. The summed E-state index contributed by atoms with van der Waals surface area (Å²) in [5, 5.41) is 0. The summed E-state index contributed by atoms with van der Waals surface area (Å²) >= 11 is 0. The molecule has 0 spiro atoms. The summed E-state index contributed by atoms with van der Waals surface area (Å²) in [5.41, 5.74) is 0.0534. The van der Waals surface area contributed by atoms with E-state index >= 15 is 0 Å². The molecule has 0 N–H and O–H groups in total. The van der Waals surface area contributed by atoms with E-state index in [0.29, 0.717) is 39.3 Å². The van der Waals surface area contributed by atoms with Gasteiger partial charge < -0.3 is 14.4 Å². The summed E-state index contributed by atoms with van der Waals surface area (Å²) in [6, 6.07) is 0.119. The molecule has 0 aromatic carbocycles. The SMILES string of the molecule is BC1CN(C(C)(C)C)CC(COCP(=O)(N(C)C)N2CCN(C(=O)C3CCC(CN4C(=O)C=CC4=O)CC3)CC2)O1. The topological polar surface area (TPSA) is 103 Å². The van der Waals surface area contributed by atoms with Crippen molar-refractivity contribution in [1.29, 1.82) is 0 Å². The number of nitrogens with zero attached hydrogens (tertiary/aromatic N) is 5. The average molecular weight is 594 g/mol. The van der Waals surface area contributed by atoms with E-state index in [9.17, 15) is 18.9 Å². The monoisotopic (exact) mass is 593 g/mol. The molecule has 3 heterocycles. The van der Waals surface area contributed by atoms with Crippen molar-refractivity contribution >= 4 is 33.0 Å². The minimum atomic E-state index is -2.95. The molecule has 2 saturated heterocycles. The summed E-state index contributed by atoms with van der Waals surface area (Å²) in [6.07, 6.45) is 5.91. The van der Waals surface area contributed by atoms with Crippen LogP contribution in [0, 0.1) is 11.8 Å². The Morgan fingerprint density at radius 1 is 1.05 bits per heavy atom. The van der Waals surface area contributed by atoms with Gasteiger partial charge in [0.05, 0.1) is 12.7 Å². The lowest BCUT2D eigenvalue weighted by Gasteiger charge is -2.44. The zero-order valence-electron chi connectivity index (χ0n) is 25.8. The lowest BCUT2D eigenvalue weighted by atomic mass is 9.81. The maximum absolute atomic E-state index is 14.1. The number of morpholine rings is 1. The van der Waals surface area contributed by atoms with Crippen LogP contribution in [0.5, 0.6) is 0 Å². The van der Waals surface area contributed by atoms with Gasteiger partial charge in [-0.05, 0) is 66.5 Å². The molecular formula is C28H49BN5O6P. The highest BCUT2D eigenvalue weighted by Gasteiger charge is 2.39.